The Morgan fingerprint density at radius 1 is 1.30 bits per heavy atom. The lowest BCUT2D eigenvalue weighted by Gasteiger charge is -2.21. The molecule has 2 N–H and O–H groups in total. The van der Waals surface area contributed by atoms with Gasteiger partial charge in [-0.25, -0.2) is 4.79 Å². The molecule has 4 rings (SSSR count). The van der Waals surface area contributed by atoms with Crippen LogP contribution < -0.4 is 4.90 Å². The summed E-state index contributed by atoms with van der Waals surface area (Å²) in [6, 6.07) is 1.98. The van der Waals surface area contributed by atoms with Crippen LogP contribution in [0.25, 0.3) is 0 Å². The molecule has 2 aromatic heterocycles. The SMILES string of the molecule is O=C(O)c1cnn(Cc2ncc(N3CC4CC4C3)cc2CO)c1. The summed E-state index contributed by atoms with van der Waals surface area (Å²) in [5.41, 5.74) is 2.66. The Balaban J connectivity index is 1.54. The zero-order chi connectivity index (χ0) is 16.0. The van der Waals surface area contributed by atoms with Crippen molar-refractivity contribution in [2.45, 2.75) is 19.6 Å². The lowest BCUT2D eigenvalue weighted by molar-refractivity contribution is 0.0696. The van der Waals surface area contributed by atoms with Crippen LogP contribution in [0.3, 0.4) is 0 Å². The molecule has 7 heteroatoms. The third kappa shape index (κ3) is 2.68. The van der Waals surface area contributed by atoms with E-state index in [0.717, 1.165) is 36.2 Å². The molecular weight excluding hydrogens is 296 g/mol. The number of nitrogens with zero attached hydrogens (tertiary/aromatic N) is 4. The Morgan fingerprint density at radius 3 is 2.74 bits per heavy atom. The van der Waals surface area contributed by atoms with Crippen LogP contribution in [-0.2, 0) is 13.2 Å². The Kier molecular flexibility index (Phi) is 3.30. The van der Waals surface area contributed by atoms with Crippen molar-refractivity contribution >= 4 is 11.7 Å². The molecule has 1 saturated carbocycles. The molecule has 23 heavy (non-hydrogen) atoms. The molecule has 0 bridgehead atoms. The highest BCUT2D eigenvalue weighted by Crippen LogP contribution is 2.46. The maximum atomic E-state index is 10.9. The van der Waals surface area contributed by atoms with E-state index in [1.54, 1.807) is 0 Å². The molecule has 1 saturated heterocycles. The summed E-state index contributed by atoms with van der Waals surface area (Å²) in [6.07, 6.45) is 5.96. The molecule has 2 unspecified atom stereocenters. The maximum absolute atomic E-state index is 10.9. The van der Waals surface area contributed by atoms with E-state index in [1.165, 1.54) is 23.5 Å². The highest BCUT2D eigenvalue weighted by Gasteiger charge is 2.45. The predicted octanol–water partition coefficient (Wildman–Crippen LogP) is 0.973. The second-order valence-electron chi connectivity index (χ2n) is 6.35. The number of pyridine rings is 1. The Labute approximate surface area is 133 Å². The van der Waals surface area contributed by atoms with Gasteiger partial charge in [-0.05, 0) is 24.3 Å². The summed E-state index contributed by atoms with van der Waals surface area (Å²) < 4.78 is 1.52. The number of rotatable bonds is 5. The first-order valence-electron chi connectivity index (χ1n) is 7.73. The van der Waals surface area contributed by atoms with E-state index in [0.29, 0.717) is 12.2 Å². The number of aromatic nitrogens is 3. The van der Waals surface area contributed by atoms with Gasteiger partial charge in [0.25, 0.3) is 0 Å². The molecular formula is C16H18N4O3. The molecule has 7 nitrogen and oxygen atoms in total. The second kappa shape index (κ2) is 5.34. The first kappa shape index (κ1) is 14.2. The quantitative estimate of drug-likeness (QED) is 0.854. The fourth-order valence-corrected chi connectivity index (χ4v) is 3.30. The third-order valence-corrected chi connectivity index (χ3v) is 4.75. The van der Waals surface area contributed by atoms with E-state index in [1.807, 2.05) is 12.3 Å². The summed E-state index contributed by atoms with van der Waals surface area (Å²) in [5, 5.41) is 22.6. The molecule has 2 aromatic rings. The molecule has 0 radical (unpaired) electrons. The topological polar surface area (TPSA) is 91.5 Å². The summed E-state index contributed by atoms with van der Waals surface area (Å²) in [5.74, 6) is 0.672. The standard InChI is InChI=1S/C16H18N4O3/c21-9-12-2-14(19-5-10-1-11(10)6-19)4-17-15(12)8-20-7-13(3-18-20)16(22)23/h2-4,7,10-11,21H,1,5-6,8-9H2,(H,22,23). The number of carboxylic acids is 1. The van der Waals surface area contributed by atoms with Crippen molar-refractivity contribution in [1.82, 2.24) is 14.8 Å². The average Bonchev–Trinajstić information content (AvgIpc) is 2.97. The number of hydrogen-bond donors (Lipinski definition) is 2. The lowest BCUT2D eigenvalue weighted by Crippen LogP contribution is -2.22. The van der Waals surface area contributed by atoms with Crippen LogP contribution in [0, 0.1) is 11.8 Å². The zero-order valence-corrected chi connectivity index (χ0v) is 12.6. The van der Waals surface area contributed by atoms with E-state index in [2.05, 4.69) is 15.0 Å². The summed E-state index contributed by atoms with van der Waals surface area (Å²) >= 11 is 0. The Morgan fingerprint density at radius 2 is 2.09 bits per heavy atom. The molecule has 0 aromatic carbocycles. The number of aliphatic hydroxyl groups is 1. The van der Waals surface area contributed by atoms with Crippen LogP contribution >= 0.6 is 0 Å². The number of aromatic carboxylic acids is 1. The number of piperidine rings is 1. The van der Waals surface area contributed by atoms with Crippen molar-refractivity contribution in [2.24, 2.45) is 11.8 Å². The number of aliphatic hydroxyl groups excluding tert-OH is 1. The summed E-state index contributed by atoms with van der Waals surface area (Å²) in [6.45, 7) is 2.41. The van der Waals surface area contributed by atoms with Crippen molar-refractivity contribution in [1.29, 1.82) is 0 Å². The molecule has 0 amide bonds. The largest absolute Gasteiger partial charge is 0.478 e. The third-order valence-electron chi connectivity index (χ3n) is 4.75. The van der Waals surface area contributed by atoms with Crippen molar-refractivity contribution in [3.05, 3.63) is 41.5 Å². The second-order valence-corrected chi connectivity index (χ2v) is 6.35. The first-order chi connectivity index (χ1) is 11.1. The number of anilines is 1. The Hall–Kier alpha value is -2.41. The van der Waals surface area contributed by atoms with Gasteiger partial charge in [-0.1, -0.05) is 0 Å². The predicted molar refractivity (Wildman–Crippen MR) is 82.3 cm³/mol. The minimum absolute atomic E-state index is 0.0933. The van der Waals surface area contributed by atoms with Crippen molar-refractivity contribution < 1.29 is 15.0 Å². The van der Waals surface area contributed by atoms with E-state index in [9.17, 15) is 9.90 Å². The minimum atomic E-state index is -1.01. The number of carboxylic acid groups (broad SMARTS) is 1. The monoisotopic (exact) mass is 314 g/mol. The molecule has 1 aliphatic heterocycles. The molecule has 2 fully saturated rings. The lowest BCUT2D eigenvalue weighted by atomic mass is 10.1. The van der Waals surface area contributed by atoms with Crippen LogP contribution in [0.15, 0.2) is 24.7 Å². The fourth-order valence-electron chi connectivity index (χ4n) is 3.30. The number of hydrogen-bond acceptors (Lipinski definition) is 5. The highest BCUT2D eigenvalue weighted by atomic mass is 16.4. The van der Waals surface area contributed by atoms with Gasteiger partial charge in [-0.15, -0.1) is 0 Å². The van der Waals surface area contributed by atoms with Crippen LogP contribution in [0.2, 0.25) is 0 Å². The van der Waals surface area contributed by atoms with Gasteiger partial charge in [0.2, 0.25) is 0 Å². The van der Waals surface area contributed by atoms with Gasteiger partial charge in [0, 0.05) is 24.8 Å². The van der Waals surface area contributed by atoms with Gasteiger partial charge in [0.1, 0.15) is 0 Å². The molecule has 3 heterocycles. The van der Waals surface area contributed by atoms with Gasteiger partial charge >= 0.3 is 5.97 Å². The van der Waals surface area contributed by atoms with Gasteiger partial charge in [-0.3, -0.25) is 9.67 Å². The van der Waals surface area contributed by atoms with Crippen molar-refractivity contribution in [3.8, 4) is 0 Å². The molecule has 120 valence electrons. The van der Waals surface area contributed by atoms with E-state index >= 15 is 0 Å². The summed E-state index contributed by atoms with van der Waals surface area (Å²) in [7, 11) is 0. The maximum Gasteiger partial charge on any atom is 0.338 e. The summed E-state index contributed by atoms with van der Waals surface area (Å²) in [4.78, 5) is 17.7. The minimum Gasteiger partial charge on any atom is -0.478 e. The van der Waals surface area contributed by atoms with Gasteiger partial charge in [-0.2, -0.15) is 5.10 Å². The van der Waals surface area contributed by atoms with Gasteiger partial charge in [0.05, 0.1) is 42.5 Å². The smallest absolute Gasteiger partial charge is 0.338 e. The Bertz CT molecular complexity index is 748. The van der Waals surface area contributed by atoms with Crippen LogP contribution in [0.1, 0.15) is 28.0 Å². The van der Waals surface area contributed by atoms with Crippen LogP contribution in [-0.4, -0.2) is 44.0 Å². The molecule has 1 aliphatic carbocycles. The van der Waals surface area contributed by atoms with Crippen LogP contribution in [0.4, 0.5) is 5.69 Å². The molecule has 2 atom stereocenters. The van der Waals surface area contributed by atoms with E-state index in [-0.39, 0.29) is 12.2 Å². The van der Waals surface area contributed by atoms with Gasteiger partial charge in [0.15, 0.2) is 0 Å². The molecule has 0 spiro atoms. The van der Waals surface area contributed by atoms with E-state index in [4.69, 9.17) is 5.11 Å². The first-order valence-corrected chi connectivity index (χ1v) is 7.73. The average molecular weight is 314 g/mol. The van der Waals surface area contributed by atoms with Crippen molar-refractivity contribution in [3.63, 3.8) is 0 Å². The van der Waals surface area contributed by atoms with Crippen LogP contribution in [0.5, 0.6) is 0 Å². The fraction of sp³-hybridized carbons (Fsp3) is 0.438. The highest BCUT2D eigenvalue weighted by molar-refractivity contribution is 5.86. The number of carbonyl (C=O) groups is 1. The van der Waals surface area contributed by atoms with E-state index < -0.39 is 5.97 Å². The zero-order valence-electron chi connectivity index (χ0n) is 12.6. The number of fused-ring (bicyclic) bond motifs is 1. The van der Waals surface area contributed by atoms with Gasteiger partial charge < -0.3 is 15.1 Å². The normalized spacial score (nSPS) is 22.2. The van der Waals surface area contributed by atoms with Crippen molar-refractivity contribution in [2.75, 3.05) is 18.0 Å². The molecule has 2 aliphatic rings.